The lowest BCUT2D eigenvalue weighted by molar-refractivity contribution is -0.879. The molecule has 0 radical (unpaired) electrons. The van der Waals surface area contributed by atoms with Crippen molar-refractivity contribution >= 4 is 23.9 Å². The van der Waals surface area contributed by atoms with Gasteiger partial charge in [0.25, 0.3) is 11.6 Å². The predicted octanol–water partition coefficient (Wildman–Crippen LogP) is 0.389. The maximum absolute atomic E-state index is 11.6. The molecule has 1 aliphatic rings. The third-order valence-corrected chi connectivity index (χ3v) is 3.44. The van der Waals surface area contributed by atoms with Crippen LogP contribution in [0.1, 0.15) is 18.4 Å². The van der Waals surface area contributed by atoms with Gasteiger partial charge in [0, 0.05) is 31.2 Å². The SMILES string of the molecule is O=C(C[NH+]1CCCC1)N/N=C\C=C\c1cccc([N+](=O)[O-])c1. The highest BCUT2D eigenvalue weighted by Gasteiger charge is 2.18. The number of carbonyl (C=O) groups is 1. The van der Waals surface area contributed by atoms with Crippen molar-refractivity contribution in [3.05, 3.63) is 46.0 Å². The normalized spacial score (nSPS) is 15.6. The fourth-order valence-electron chi connectivity index (χ4n) is 2.37. The second kappa shape index (κ2) is 8.04. The molecule has 7 heteroatoms. The van der Waals surface area contributed by atoms with Crippen molar-refractivity contribution in [1.82, 2.24) is 5.43 Å². The van der Waals surface area contributed by atoms with E-state index in [0.717, 1.165) is 13.1 Å². The zero-order valence-electron chi connectivity index (χ0n) is 12.2. The summed E-state index contributed by atoms with van der Waals surface area (Å²) in [6.45, 7) is 2.54. The van der Waals surface area contributed by atoms with Gasteiger partial charge in [0.15, 0.2) is 6.54 Å². The predicted molar refractivity (Wildman–Crippen MR) is 83.6 cm³/mol. The van der Waals surface area contributed by atoms with Crippen LogP contribution in [0, 0.1) is 10.1 Å². The Bertz CT molecular complexity index is 592. The van der Waals surface area contributed by atoms with Gasteiger partial charge in [-0.15, -0.1) is 0 Å². The standard InChI is InChI=1S/C15H18N4O3/c20-15(12-18-9-1-2-10-18)17-16-8-4-6-13-5-3-7-14(11-13)19(21)22/h3-8,11H,1-2,9-10,12H2,(H,17,20)/p+1/b6-4+,16-8-. The summed E-state index contributed by atoms with van der Waals surface area (Å²) < 4.78 is 0. The minimum atomic E-state index is -0.438. The Kier molecular flexibility index (Phi) is 5.79. The molecule has 0 aliphatic carbocycles. The van der Waals surface area contributed by atoms with Crippen molar-refractivity contribution in [2.45, 2.75) is 12.8 Å². The summed E-state index contributed by atoms with van der Waals surface area (Å²) in [5.41, 5.74) is 3.22. The topological polar surface area (TPSA) is 89.0 Å². The second-order valence-corrected chi connectivity index (χ2v) is 5.16. The Labute approximate surface area is 128 Å². The zero-order chi connectivity index (χ0) is 15.8. The highest BCUT2D eigenvalue weighted by molar-refractivity contribution is 5.81. The minimum Gasteiger partial charge on any atom is -0.327 e. The van der Waals surface area contributed by atoms with Gasteiger partial charge in [-0.1, -0.05) is 18.2 Å². The highest BCUT2D eigenvalue weighted by Crippen LogP contribution is 2.13. The fourth-order valence-corrected chi connectivity index (χ4v) is 2.37. The molecule has 2 N–H and O–H groups in total. The van der Waals surface area contributed by atoms with Gasteiger partial charge in [0.1, 0.15) is 0 Å². The Morgan fingerprint density at radius 1 is 1.41 bits per heavy atom. The summed E-state index contributed by atoms with van der Waals surface area (Å²) in [4.78, 5) is 23.1. The maximum Gasteiger partial charge on any atom is 0.295 e. The molecule has 0 unspecified atom stereocenters. The van der Waals surface area contributed by atoms with E-state index in [0.29, 0.717) is 12.1 Å². The molecule has 7 nitrogen and oxygen atoms in total. The van der Waals surface area contributed by atoms with Crippen LogP contribution < -0.4 is 10.3 Å². The Hall–Kier alpha value is -2.54. The van der Waals surface area contributed by atoms with Crippen molar-refractivity contribution in [3.63, 3.8) is 0 Å². The van der Waals surface area contributed by atoms with E-state index in [1.54, 1.807) is 24.3 Å². The molecule has 0 saturated carbocycles. The number of amides is 1. The van der Waals surface area contributed by atoms with E-state index in [2.05, 4.69) is 10.5 Å². The van der Waals surface area contributed by atoms with Crippen LogP contribution in [-0.4, -0.2) is 36.7 Å². The van der Waals surface area contributed by atoms with Crippen LogP contribution in [-0.2, 0) is 4.79 Å². The molecule has 1 amide bonds. The zero-order valence-corrected chi connectivity index (χ0v) is 12.2. The number of carbonyl (C=O) groups excluding carboxylic acids is 1. The Morgan fingerprint density at radius 3 is 2.91 bits per heavy atom. The summed E-state index contributed by atoms with van der Waals surface area (Å²) in [7, 11) is 0. The van der Waals surface area contributed by atoms with Crippen LogP contribution in [0.4, 0.5) is 5.69 Å². The van der Waals surface area contributed by atoms with Gasteiger partial charge < -0.3 is 4.90 Å². The molecule has 1 aliphatic heterocycles. The van der Waals surface area contributed by atoms with E-state index >= 15 is 0 Å². The first-order valence-corrected chi connectivity index (χ1v) is 7.22. The second-order valence-electron chi connectivity index (χ2n) is 5.16. The summed E-state index contributed by atoms with van der Waals surface area (Å²) in [6.07, 6.45) is 7.13. The molecule has 1 heterocycles. The number of nitro benzene ring substituents is 1. The number of rotatable bonds is 6. The highest BCUT2D eigenvalue weighted by atomic mass is 16.6. The van der Waals surface area contributed by atoms with Crippen molar-refractivity contribution in [1.29, 1.82) is 0 Å². The number of hydrazone groups is 1. The molecule has 0 bridgehead atoms. The third-order valence-electron chi connectivity index (χ3n) is 3.44. The van der Waals surface area contributed by atoms with E-state index in [4.69, 9.17) is 0 Å². The summed E-state index contributed by atoms with van der Waals surface area (Å²) in [5, 5.41) is 14.5. The van der Waals surface area contributed by atoms with Crippen molar-refractivity contribution in [2.75, 3.05) is 19.6 Å². The molecule has 0 spiro atoms. The number of nitrogens with zero attached hydrogens (tertiary/aromatic N) is 2. The van der Waals surface area contributed by atoms with Gasteiger partial charge in [-0.3, -0.25) is 14.9 Å². The number of allylic oxidation sites excluding steroid dienone is 1. The number of hydrogen-bond donors (Lipinski definition) is 2. The van der Waals surface area contributed by atoms with Crippen LogP contribution >= 0.6 is 0 Å². The number of benzene rings is 1. The number of hydrogen-bond acceptors (Lipinski definition) is 4. The molecule has 2 rings (SSSR count). The molecule has 1 saturated heterocycles. The van der Waals surface area contributed by atoms with Gasteiger partial charge in [0.2, 0.25) is 0 Å². The van der Waals surface area contributed by atoms with Crippen LogP contribution in [0.5, 0.6) is 0 Å². The first-order valence-electron chi connectivity index (χ1n) is 7.22. The molecule has 116 valence electrons. The minimum absolute atomic E-state index is 0.0426. The van der Waals surface area contributed by atoms with E-state index < -0.39 is 4.92 Å². The van der Waals surface area contributed by atoms with E-state index in [9.17, 15) is 14.9 Å². The molecule has 1 aromatic carbocycles. The molecule has 1 fully saturated rings. The van der Waals surface area contributed by atoms with Gasteiger partial charge in [0.05, 0.1) is 18.0 Å². The first-order chi connectivity index (χ1) is 10.6. The van der Waals surface area contributed by atoms with Gasteiger partial charge >= 0.3 is 0 Å². The monoisotopic (exact) mass is 303 g/mol. The lowest BCUT2D eigenvalue weighted by Gasteiger charge is -2.09. The summed E-state index contributed by atoms with van der Waals surface area (Å²) in [5.74, 6) is -0.100. The average Bonchev–Trinajstić information content (AvgIpc) is 3.00. The largest absolute Gasteiger partial charge is 0.327 e. The average molecular weight is 303 g/mol. The van der Waals surface area contributed by atoms with Crippen molar-refractivity contribution < 1.29 is 14.6 Å². The summed E-state index contributed by atoms with van der Waals surface area (Å²) >= 11 is 0. The van der Waals surface area contributed by atoms with Crippen LogP contribution in [0.15, 0.2) is 35.4 Å². The van der Waals surface area contributed by atoms with Gasteiger partial charge in [-0.25, -0.2) is 5.43 Å². The Morgan fingerprint density at radius 2 is 2.18 bits per heavy atom. The van der Waals surface area contributed by atoms with Gasteiger partial charge in [-0.05, 0) is 11.6 Å². The fraction of sp³-hybridized carbons (Fsp3) is 0.333. The van der Waals surface area contributed by atoms with Crippen LogP contribution in [0.2, 0.25) is 0 Å². The van der Waals surface area contributed by atoms with Crippen molar-refractivity contribution in [3.8, 4) is 0 Å². The molecular formula is C15H19N4O3+. The van der Waals surface area contributed by atoms with Crippen LogP contribution in [0.25, 0.3) is 6.08 Å². The molecule has 22 heavy (non-hydrogen) atoms. The number of likely N-dealkylation sites (tertiary alicyclic amines) is 1. The van der Waals surface area contributed by atoms with E-state index in [-0.39, 0.29) is 11.6 Å². The maximum atomic E-state index is 11.6. The first kappa shape index (κ1) is 15.8. The number of nitro groups is 1. The van der Waals surface area contributed by atoms with Crippen molar-refractivity contribution in [2.24, 2.45) is 5.10 Å². The van der Waals surface area contributed by atoms with E-state index in [1.165, 1.54) is 36.1 Å². The van der Waals surface area contributed by atoms with Crippen LogP contribution in [0.3, 0.4) is 0 Å². The van der Waals surface area contributed by atoms with E-state index in [1.807, 2.05) is 0 Å². The molecule has 0 aromatic heterocycles. The number of non-ortho nitro benzene ring substituents is 1. The molecular weight excluding hydrogens is 284 g/mol. The molecule has 1 aromatic rings. The quantitative estimate of drug-likeness (QED) is 0.452. The number of quaternary nitrogens is 1. The molecule has 0 atom stereocenters. The Balaban J connectivity index is 1.77. The smallest absolute Gasteiger partial charge is 0.295 e. The third kappa shape index (κ3) is 5.10. The lowest BCUT2D eigenvalue weighted by atomic mass is 10.2. The summed E-state index contributed by atoms with van der Waals surface area (Å²) in [6, 6.07) is 6.29. The number of nitrogens with one attached hydrogen (secondary N) is 2. The lowest BCUT2D eigenvalue weighted by Crippen LogP contribution is -3.11. The van der Waals surface area contributed by atoms with Gasteiger partial charge in [-0.2, -0.15) is 5.10 Å².